The summed E-state index contributed by atoms with van der Waals surface area (Å²) >= 11 is 0. The molecule has 1 aliphatic carbocycles. The Labute approximate surface area is 158 Å². The third-order valence-electron chi connectivity index (χ3n) is 5.74. The minimum atomic E-state index is -0.390. The van der Waals surface area contributed by atoms with Crippen LogP contribution in [0.2, 0.25) is 0 Å². The molecule has 140 valence electrons. The number of carbonyl (C=O) groups excluding carboxylic acids is 3. The van der Waals surface area contributed by atoms with E-state index in [1.165, 1.54) is 4.90 Å². The molecule has 0 spiro atoms. The van der Waals surface area contributed by atoms with Gasteiger partial charge in [-0.15, -0.1) is 0 Å². The lowest BCUT2D eigenvalue weighted by Gasteiger charge is -2.19. The predicted molar refractivity (Wildman–Crippen MR) is 101 cm³/mol. The van der Waals surface area contributed by atoms with Crippen LogP contribution < -0.4 is 0 Å². The van der Waals surface area contributed by atoms with Crippen LogP contribution in [0.4, 0.5) is 0 Å². The van der Waals surface area contributed by atoms with Gasteiger partial charge in [0.2, 0.25) is 11.8 Å². The lowest BCUT2D eigenvalue weighted by Crippen LogP contribution is -2.33. The smallest absolute Gasteiger partial charge is 0.307 e. The summed E-state index contributed by atoms with van der Waals surface area (Å²) in [6.07, 6.45) is 3.62. The Morgan fingerprint density at radius 1 is 0.963 bits per heavy atom. The van der Waals surface area contributed by atoms with Crippen molar-refractivity contribution in [1.29, 1.82) is 0 Å². The minimum Gasteiger partial charge on any atom is -0.461 e. The Balaban J connectivity index is 1.33. The average molecular weight is 365 g/mol. The lowest BCUT2D eigenvalue weighted by atomic mass is 9.81. The van der Waals surface area contributed by atoms with Crippen molar-refractivity contribution in [3.63, 3.8) is 0 Å². The number of nitrogens with zero attached hydrogens (tertiary/aromatic N) is 1. The molecule has 1 heterocycles. The van der Waals surface area contributed by atoms with Gasteiger partial charge in [0.05, 0.1) is 18.3 Å². The molecular formula is C22H23NO4. The molecule has 0 unspecified atom stereocenters. The number of rotatable bonds is 5. The van der Waals surface area contributed by atoms with Gasteiger partial charge in [0.15, 0.2) is 0 Å². The molecular weight excluding hydrogens is 342 g/mol. The fraction of sp³-hybridized carbons (Fsp3) is 0.409. The number of amides is 2. The highest BCUT2D eigenvalue weighted by Crippen LogP contribution is 2.38. The predicted octanol–water partition coefficient (Wildman–Crippen LogP) is 3.45. The highest BCUT2D eigenvalue weighted by molar-refractivity contribution is 6.05. The van der Waals surface area contributed by atoms with Crippen molar-refractivity contribution in [1.82, 2.24) is 4.90 Å². The maximum Gasteiger partial charge on any atom is 0.307 e. The van der Waals surface area contributed by atoms with Crippen molar-refractivity contribution in [2.75, 3.05) is 6.54 Å². The molecule has 5 heteroatoms. The van der Waals surface area contributed by atoms with E-state index >= 15 is 0 Å². The van der Waals surface area contributed by atoms with Gasteiger partial charge in [0.1, 0.15) is 6.61 Å². The van der Waals surface area contributed by atoms with Crippen LogP contribution in [-0.4, -0.2) is 29.2 Å². The first-order chi connectivity index (χ1) is 13.1. The van der Waals surface area contributed by atoms with Crippen molar-refractivity contribution in [3.8, 4) is 0 Å². The summed E-state index contributed by atoms with van der Waals surface area (Å²) in [6.45, 7) is 0.312. The molecule has 5 nitrogen and oxygen atoms in total. The second-order valence-corrected chi connectivity index (χ2v) is 7.37. The fourth-order valence-corrected chi connectivity index (χ4v) is 4.30. The van der Waals surface area contributed by atoms with E-state index in [4.69, 9.17) is 4.74 Å². The second-order valence-electron chi connectivity index (χ2n) is 7.37. The number of benzene rings is 2. The fourth-order valence-electron chi connectivity index (χ4n) is 4.30. The van der Waals surface area contributed by atoms with Crippen molar-refractivity contribution in [3.05, 3.63) is 48.0 Å². The number of fused-ring (bicyclic) bond motifs is 2. The highest BCUT2D eigenvalue weighted by Gasteiger charge is 2.47. The van der Waals surface area contributed by atoms with E-state index in [0.29, 0.717) is 0 Å². The summed E-state index contributed by atoms with van der Waals surface area (Å²) in [4.78, 5) is 38.3. The molecule has 27 heavy (non-hydrogen) atoms. The van der Waals surface area contributed by atoms with Crippen LogP contribution in [0.1, 0.15) is 37.7 Å². The number of esters is 1. The molecule has 0 radical (unpaired) electrons. The van der Waals surface area contributed by atoms with Crippen molar-refractivity contribution in [2.45, 2.75) is 38.7 Å². The largest absolute Gasteiger partial charge is 0.461 e. The van der Waals surface area contributed by atoms with Gasteiger partial charge in [0.25, 0.3) is 0 Å². The number of carbonyl (C=O) groups is 3. The average Bonchev–Trinajstić information content (AvgIpc) is 2.95. The number of imide groups is 1. The Bertz CT molecular complexity index is 862. The second kappa shape index (κ2) is 7.51. The van der Waals surface area contributed by atoms with E-state index in [0.717, 1.165) is 42.0 Å². The third-order valence-corrected chi connectivity index (χ3v) is 5.74. The van der Waals surface area contributed by atoms with Crippen LogP contribution in [0.25, 0.3) is 10.8 Å². The van der Waals surface area contributed by atoms with E-state index in [1.54, 1.807) is 0 Å². The molecule has 2 fully saturated rings. The van der Waals surface area contributed by atoms with Crippen molar-refractivity contribution >= 4 is 28.6 Å². The zero-order valence-corrected chi connectivity index (χ0v) is 15.2. The van der Waals surface area contributed by atoms with Crippen LogP contribution in [0.15, 0.2) is 42.5 Å². The standard InChI is InChI=1S/C22H23NO4/c24-20(27-14-16-8-5-7-15-6-1-2-9-17(15)16)12-13-23-21(25)18-10-3-4-11-19(18)22(23)26/h1-2,5-9,18-19H,3-4,10-14H2/t18-,19-/m0/s1. The Morgan fingerprint density at radius 3 is 2.37 bits per heavy atom. The lowest BCUT2D eigenvalue weighted by molar-refractivity contribution is -0.146. The summed E-state index contributed by atoms with van der Waals surface area (Å²) in [5.74, 6) is -0.938. The normalized spacial score (nSPS) is 22.1. The Hall–Kier alpha value is -2.69. The molecule has 1 saturated carbocycles. The summed E-state index contributed by atoms with van der Waals surface area (Å²) in [6, 6.07) is 13.8. The number of ether oxygens (including phenoxy) is 1. The molecule has 0 bridgehead atoms. The van der Waals surface area contributed by atoms with E-state index in [1.807, 2.05) is 42.5 Å². The number of hydrogen-bond donors (Lipinski definition) is 0. The maximum absolute atomic E-state index is 12.4. The van der Waals surface area contributed by atoms with Gasteiger partial charge in [-0.25, -0.2) is 0 Å². The molecule has 1 saturated heterocycles. The summed E-state index contributed by atoms with van der Waals surface area (Å²) in [7, 11) is 0. The molecule has 4 rings (SSSR count). The minimum absolute atomic E-state index is 0.0433. The summed E-state index contributed by atoms with van der Waals surface area (Å²) < 4.78 is 5.40. The van der Waals surface area contributed by atoms with E-state index in [2.05, 4.69) is 0 Å². The van der Waals surface area contributed by atoms with Gasteiger partial charge in [-0.2, -0.15) is 0 Å². The molecule has 2 aromatic rings. The first-order valence-corrected chi connectivity index (χ1v) is 9.62. The number of likely N-dealkylation sites (tertiary alicyclic amines) is 1. The Kier molecular flexibility index (Phi) is 4.92. The molecule has 2 aromatic carbocycles. The van der Waals surface area contributed by atoms with Gasteiger partial charge < -0.3 is 4.74 Å². The quantitative estimate of drug-likeness (QED) is 0.601. The van der Waals surface area contributed by atoms with Crippen molar-refractivity contribution in [2.24, 2.45) is 11.8 Å². The first kappa shape index (κ1) is 17.7. The highest BCUT2D eigenvalue weighted by atomic mass is 16.5. The third kappa shape index (κ3) is 3.46. The van der Waals surface area contributed by atoms with Gasteiger partial charge in [-0.1, -0.05) is 55.3 Å². The van der Waals surface area contributed by atoms with Gasteiger partial charge in [-0.3, -0.25) is 19.3 Å². The topological polar surface area (TPSA) is 63.7 Å². The molecule has 1 aliphatic heterocycles. The first-order valence-electron chi connectivity index (χ1n) is 9.62. The molecule has 2 amide bonds. The van der Waals surface area contributed by atoms with E-state index < -0.39 is 5.97 Å². The number of hydrogen-bond acceptors (Lipinski definition) is 4. The summed E-state index contributed by atoms with van der Waals surface area (Å²) in [5.41, 5.74) is 0.945. The van der Waals surface area contributed by atoms with Crippen LogP contribution >= 0.6 is 0 Å². The van der Waals surface area contributed by atoms with Crippen LogP contribution in [0.3, 0.4) is 0 Å². The van der Waals surface area contributed by atoms with Crippen LogP contribution in [-0.2, 0) is 25.7 Å². The SMILES string of the molecule is O=C(CCN1C(=O)[C@H]2CCCC[C@@H]2C1=O)OCc1cccc2ccccc12. The van der Waals surface area contributed by atoms with Gasteiger partial charge in [0, 0.05) is 6.54 Å². The zero-order chi connectivity index (χ0) is 18.8. The van der Waals surface area contributed by atoms with Gasteiger partial charge >= 0.3 is 5.97 Å². The van der Waals surface area contributed by atoms with Crippen LogP contribution in [0, 0.1) is 11.8 Å². The van der Waals surface area contributed by atoms with Crippen molar-refractivity contribution < 1.29 is 19.1 Å². The monoisotopic (exact) mass is 365 g/mol. The molecule has 2 atom stereocenters. The van der Waals surface area contributed by atoms with Gasteiger partial charge in [-0.05, 0) is 29.2 Å². The van der Waals surface area contributed by atoms with E-state index in [-0.39, 0.29) is 43.2 Å². The molecule has 0 aromatic heterocycles. The van der Waals surface area contributed by atoms with E-state index in [9.17, 15) is 14.4 Å². The Morgan fingerprint density at radius 2 is 1.63 bits per heavy atom. The maximum atomic E-state index is 12.4. The zero-order valence-electron chi connectivity index (χ0n) is 15.2. The summed E-state index contributed by atoms with van der Waals surface area (Å²) in [5, 5.41) is 2.16. The molecule has 2 aliphatic rings. The molecule has 0 N–H and O–H groups in total. The van der Waals surface area contributed by atoms with Crippen LogP contribution in [0.5, 0.6) is 0 Å².